The van der Waals surface area contributed by atoms with Crippen LogP contribution in [-0.4, -0.2) is 20.9 Å². The molecule has 7 heteroatoms. The van der Waals surface area contributed by atoms with Crippen molar-refractivity contribution in [3.05, 3.63) is 64.4 Å². The van der Waals surface area contributed by atoms with Crippen molar-refractivity contribution >= 4 is 28.9 Å². The van der Waals surface area contributed by atoms with Gasteiger partial charge in [-0.3, -0.25) is 4.99 Å². The molecule has 0 aliphatic carbocycles. The average molecular weight is 366 g/mol. The Morgan fingerprint density at radius 3 is 2.69 bits per heavy atom. The lowest BCUT2D eigenvalue weighted by Gasteiger charge is -2.13. The molecule has 1 aliphatic rings. The van der Waals surface area contributed by atoms with Gasteiger partial charge < -0.3 is 16.2 Å². The fraction of sp³-hybridized carbons (Fsp3) is 0.105. The summed E-state index contributed by atoms with van der Waals surface area (Å²) < 4.78 is 0. The van der Waals surface area contributed by atoms with Gasteiger partial charge >= 0.3 is 0 Å². The number of hydrogen-bond donors (Lipinski definition) is 3. The normalized spacial score (nSPS) is 12.6. The van der Waals surface area contributed by atoms with Gasteiger partial charge in [-0.2, -0.15) is 0 Å². The maximum Gasteiger partial charge on any atom is 0.185 e. The highest BCUT2D eigenvalue weighted by Gasteiger charge is 2.18. The van der Waals surface area contributed by atoms with E-state index in [0.29, 0.717) is 28.8 Å². The molecule has 4 N–H and O–H groups in total. The van der Waals surface area contributed by atoms with Crippen molar-refractivity contribution in [3.63, 3.8) is 0 Å². The number of fused-ring (bicyclic) bond motifs is 1. The molecule has 1 aliphatic heterocycles. The number of benzene rings is 2. The fourth-order valence-electron chi connectivity index (χ4n) is 2.86. The van der Waals surface area contributed by atoms with E-state index in [0.717, 1.165) is 22.3 Å². The van der Waals surface area contributed by atoms with E-state index in [2.05, 4.69) is 20.3 Å². The van der Waals surface area contributed by atoms with Crippen molar-refractivity contribution in [2.24, 2.45) is 10.7 Å². The van der Waals surface area contributed by atoms with Gasteiger partial charge in [-0.25, -0.2) is 9.97 Å². The van der Waals surface area contributed by atoms with Gasteiger partial charge in [0.1, 0.15) is 17.9 Å². The zero-order valence-electron chi connectivity index (χ0n) is 14.0. The molecule has 0 unspecified atom stereocenters. The van der Waals surface area contributed by atoms with Crippen molar-refractivity contribution in [3.8, 4) is 17.0 Å². The molecule has 1 aromatic heterocycles. The Bertz CT molecular complexity index is 1030. The standard InChI is InChI=1S/C19H16ClN5O/c1-10-2-4-11(5-3-10)16-17(26)19(24-9-23-16)25-15-7-13-12(6-14(15)20)8-22-18(13)21/h2-7,9,26H,8H2,1H3,(H2,21,22)(H,23,24,25). The number of rotatable bonds is 3. The Morgan fingerprint density at radius 1 is 1.15 bits per heavy atom. The summed E-state index contributed by atoms with van der Waals surface area (Å²) >= 11 is 6.35. The minimum absolute atomic E-state index is 0.0467. The molecule has 0 saturated heterocycles. The Morgan fingerprint density at radius 2 is 1.92 bits per heavy atom. The van der Waals surface area contributed by atoms with Gasteiger partial charge in [0.2, 0.25) is 0 Å². The second-order valence-electron chi connectivity index (χ2n) is 6.10. The molecule has 0 saturated carbocycles. The SMILES string of the molecule is Cc1ccc(-c2ncnc(Nc3cc4c(cc3Cl)CN=C4N)c2O)cc1. The van der Waals surface area contributed by atoms with E-state index in [4.69, 9.17) is 17.3 Å². The van der Waals surface area contributed by atoms with Crippen LogP contribution in [0.4, 0.5) is 11.5 Å². The Kier molecular flexibility index (Phi) is 3.97. The molecule has 0 amide bonds. The van der Waals surface area contributed by atoms with Crippen LogP contribution in [0, 0.1) is 6.92 Å². The number of halogens is 1. The number of aryl methyl sites for hydroxylation is 1. The summed E-state index contributed by atoms with van der Waals surface area (Å²) in [5.41, 5.74) is 10.7. The lowest BCUT2D eigenvalue weighted by molar-refractivity contribution is 0.475. The van der Waals surface area contributed by atoms with E-state index in [1.165, 1.54) is 6.33 Å². The average Bonchev–Trinajstić information content (AvgIpc) is 2.98. The molecule has 26 heavy (non-hydrogen) atoms. The summed E-state index contributed by atoms with van der Waals surface area (Å²) in [6, 6.07) is 11.4. The molecular weight excluding hydrogens is 350 g/mol. The second-order valence-corrected chi connectivity index (χ2v) is 6.51. The number of anilines is 2. The Labute approximate surface area is 155 Å². The third-order valence-corrected chi connectivity index (χ3v) is 4.60. The lowest BCUT2D eigenvalue weighted by Crippen LogP contribution is -2.11. The molecule has 0 spiro atoms. The number of nitrogens with two attached hydrogens (primary N) is 1. The molecule has 2 heterocycles. The van der Waals surface area contributed by atoms with Gasteiger partial charge in [0, 0.05) is 11.1 Å². The van der Waals surface area contributed by atoms with Crippen LogP contribution in [0.1, 0.15) is 16.7 Å². The monoisotopic (exact) mass is 365 g/mol. The van der Waals surface area contributed by atoms with Crippen LogP contribution in [0.25, 0.3) is 11.3 Å². The van der Waals surface area contributed by atoms with Crippen LogP contribution < -0.4 is 11.1 Å². The first kappa shape index (κ1) is 16.4. The minimum atomic E-state index is -0.0467. The van der Waals surface area contributed by atoms with Gasteiger partial charge in [0.05, 0.1) is 17.3 Å². The molecular formula is C19H16ClN5O. The van der Waals surface area contributed by atoms with Gasteiger partial charge in [-0.1, -0.05) is 41.4 Å². The Balaban J connectivity index is 1.72. The van der Waals surface area contributed by atoms with E-state index < -0.39 is 0 Å². The zero-order valence-corrected chi connectivity index (χ0v) is 14.7. The summed E-state index contributed by atoms with van der Waals surface area (Å²) in [6.07, 6.45) is 1.40. The first-order valence-corrected chi connectivity index (χ1v) is 8.41. The number of aromatic hydroxyl groups is 1. The number of aromatic nitrogens is 2. The number of aliphatic imine (C=N–C) groups is 1. The van der Waals surface area contributed by atoms with Crippen LogP contribution in [0.2, 0.25) is 5.02 Å². The van der Waals surface area contributed by atoms with Crippen LogP contribution in [0.5, 0.6) is 5.75 Å². The predicted molar refractivity (Wildman–Crippen MR) is 103 cm³/mol. The number of nitrogens with zero attached hydrogens (tertiary/aromatic N) is 3. The van der Waals surface area contributed by atoms with Gasteiger partial charge in [-0.15, -0.1) is 0 Å². The molecule has 0 fully saturated rings. The van der Waals surface area contributed by atoms with Crippen molar-refractivity contribution < 1.29 is 5.11 Å². The topological polar surface area (TPSA) is 96.4 Å². The quantitative estimate of drug-likeness (QED) is 0.656. The fourth-order valence-corrected chi connectivity index (χ4v) is 3.09. The first-order valence-electron chi connectivity index (χ1n) is 8.03. The van der Waals surface area contributed by atoms with Crippen LogP contribution in [-0.2, 0) is 6.54 Å². The summed E-state index contributed by atoms with van der Waals surface area (Å²) in [4.78, 5) is 12.5. The van der Waals surface area contributed by atoms with E-state index in [1.807, 2.05) is 43.3 Å². The molecule has 0 bridgehead atoms. The van der Waals surface area contributed by atoms with Gasteiger partial charge in [0.15, 0.2) is 11.6 Å². The molecule has 6 nitrogen and oxygen atoms in total. The largest absolute Gasteiger partial charge is 0.503 e. The van der Waals surface area contributed by atoms with E-state index in [9.17, 15) is 5.11 Å². The molecule has 0 radical (unpaired) electrons. The van der Waals surface area contributed by atoms with Crippen LogP contribution in [0.15, 0.2) is 47.7 Å². The summed E-state index contributed by atoms with van der Waals surface area (Å²) in [5.74, 6) is 0.701. The minimum Gasteiger partial charge on any atom is -0.503 e. The molecule has 130 valence electrons. The van der Waals surface area contributed by atoms with Crippen molar-refractivity contribution in [1.29, 1.82) is 0 Å². The third-order valence-electron chi connectivity index (χ3n) is 4.29. The van der Waals surface area contributed by atoms with E-state index in [1.54, 1.807) is 0 Å². The highest BCUT2D eigenvalue weighted by molar-refractivity contribution is 6.33. The first-order chi connectivity index (χ1) is 12.5. The maximum atomic E-state index is 10.6. The van der Waals surface area contributed by atoms with Crippen molar-refractivity contribution in [2.45, 2.75) is 13.5 Å². The molecule has 3 aromatic rings. The van der Waals surface area contributed by atoms with Crippen LogP contribution >= 0.6 is 11.6 Å². The smallest absolute Gasteiger partial charge is 0.185 e. The Hall–Kier alpha value is -3.12. The summed E-state index contributed by atoms with van der Waals surface area (Å²) in [5, 5.41) is 14.2. The summed E-state index contributed by atoms with van der Waals surface area (Å²) in [7, 11) is 0. The van der Waals surface area contributed by atoms with Gasteiger partial charge in [0.25, 0.3) is 0 Å². The molecule has 4 rings (SSSR count). The maximum absolute atomic E-state index is 10.6. The number of amidine groups is 1. The van der Waals surface area contributed by atoms with E-state index >= 15 is 0 Å². The van der Waals surface area contributed by atoms with Crippen molar-refractivity contribution in [1.82, 2.24) is 9.97 Å². The number of hydrogen-bond acceptors (Lipinski definition) is 6. The second kappa shape index (κ2) is 6.31. The highest BCUT2D eigenvalue weighted by Crippen LogP contribution is 2.36. The van der Waals surface area contributed by atoms with Crippen LogP contribution in [0.3, 0.4) is 0 Å². The zero-order chi connectivity index (χ0) is 18.3. The molecule has 2 aromatic carbocycles. The van der Waals surface area contributed by atoms with Gasteiger partial charge in [-0.05, 0) is 24.6 Å². The highest BCUT2D eigenvalue weighted by atomic mass is 35.5. The summed E-state index contributed by atoms with van der Waals surface area (Å²) in [6.45, 7) is 2.53. The molecule has 0 atom stereocenters. The van der Waals surface area contributed by atoms with E-state index in [-0.39, 0.29) is 11.6 Å². The number of nitrogens with one attached hydrogen (secondary N) is 1. The van der Waals surface area contributed by atoms with Crippen molar-refractivity contribution in [2.75, 3.05) is 5.32 Å². The predicted octanol–water partition coefficient (Wildman–Crippen LogP) is 3.77. The lowest BCUT2D eigenvalue weighted by atomic mass is 10.1. The third kappa shape index (κ3) is 2.84.